The highest BCUT2D eigenvalue weighted by molar-refractivity contribution is 5.96. The van der Waals surface area contributed by atoms with Crippen LogP contribution in [0.5, 0.6) is 0 Å². The van der Waals surface area contributed by atoms with Gasteiger partial charge in [-0.05, 0) is 93.8 Å². The third kappa shape index (κ3) is 4.65. The van der Waals surface area contributed by atoms with Crippen LogP contribution in [-0.2, 0) is 12.8 Å². The van der Waals surface area contributed by atoms with Gasteiger partial charge in [0, 0.05) is 46.7 Å². The predicted molar refractivity (Wildman–Crippen MR) is 159 cm³/mol. The van der Waals surface area contributed by atoms with Crippen LogP contribution >= 0.6 is 0 Å². The lowest BCUT2D eigenvalue weighted by Gasteiger charge is -2.25. The lowest BCUT2D eigenvalue weighted by molar-refractivity contribution is 0.222. The lowest BCUT2D eigenvalue weighted by Crippen LogP contribution is -2.32. The number of likely N-dealkylation sites (tertiary alicyclic amines) is 1. The Morgan fingerprint density at radius 3 is 2.33 bits per heavy atom. The second-order valence-electron chi connectivity index (χ2n) is 11.3. The first kappa shape index (κ1) is 24.2. The molecule has 1 unspecified atom stereocenters. The molecule has 0 saturated carbocycles. The Bertz CT molecular complexity index is 1640. The number of aromatic amines is 1. The molecule has 3 aromatic heterocycles. The topological polar surface area (TPSA) is 57.7 Å². The van der Waals surface area contributed by atoms with Gasteiger partial charge in [0.05, 0.1) is 17.1 Å². The van der Waals surface area contributed by atoms with Crippen LogP contribution in [0, 0.1) is 13.8 Å². The zero-order chi connectivity index (χ0) is 26.3. The van der Waals surface area contributed by atoms with Crippen molar-refractivity contribution in [2.75, 3.05) is 13.1 Å². The molecule has 5 heteroatoms. The number of hydrogen-bond donors (Lipinski definition) is 1. The smallest absolute Gasteiger partial charge is 0.137 e. The first-order valence-corrected chi connectivity index (χ1v) is 14.4. The molecule has 1 saturated heterocycles. The molecular weight excluding hydrogens is 478 g/mol. The van der Waals surface area contributed by atoms with E-state index in [-0.39, 0.29) is 0 Å². The van der Waals surface area contributed by atoms with E-state index >= 15 is 0 Å². The standard InChI is InChI=1S/C34H35N5/c1-22-19-35-23(2)33(38-22)26-8-6-25(7-9-26)32-21-37-34-31(32)18-29(20-36-34)28-10-5-24-11-13-30(14-12-27(24)17-28)39-15-3-4-16-39/h5-10,17-21,30H,3-4,11-16H2,1-2H3,(H,36,37). The van der Waals surface area contributed by atoms with E-state index in [1.54, 1.807) is 0 Å². The number of nitrogens with zero attached hydrogens (tertiary/aromatic N) is 4. The number of H-pyrrole nitrogens is 1. The molecule has 7 rings (SSSR count). The summed E-state index contributed by atoms with van der Waals surface area (Å²) in [6.07, 6.45) is 13.6. The minimum absolute atomic E-state index is 0.747. The first-order valence-electron chi connectivity index (χ1n) is 14.4. The molecule has 1 aliphatic heterocycles. The summed E-state index contributed by atoms with van der Waals surface area (Å²) in [4.78, 5) is 20.1. The fourth-order valence-electron chi connectivity index (χ4n) is 6.56. The van der Waals surface area contributed by atoms with Gasteiger partial charge in [-0.15, -0.1) is 0 Å². The Morgan fingerprint density at radius 2 is 1.51 bits per heavy atom. The Morgan fingerprint density at radius 1 is 0.769 bits per heavy atom. The first-order chi connectivity index (χ1) is 19.1. The molecule has 2 aromatic carbocycles. The number of aryl methyl sites for hydroxylation is 4. The highest BCUT2D eigenvalue weighted by Gasteiger charge is 2.24. The summed E-state index contributed by atoms with van der Waals surface area (Å²) in [6.45, 7) is 6.58. The summed E-state index contributed by atoms with van der Waals surface area (Å²) >= 11 is 0. The monoisotopic (exact) mass is 513 g/mol. The van der Waals surface area contributed by atoms with Gasteiger partial charge < -0.3 is 9.88 Å². The number of aromatic nitrogens is 4. The van der Waals surface area contributed by atoms with Crippen LogP contribution in [0.3, 0.4) is 0 Å². The molecule has 1 aliphatic carbocycles. The number of fused-ring (bicyclic) bond motifs is 2. The fourth-order valence-corrected chi connectivity index (χ4v) is 6.56. The van der Waals surface area contributed by atoms with Crippen LogP contribution in [0.4, 0.5) is 0 Å². The molecular formula is C34H35N5. The lowest BCUT2D eigenvalue weighted by atomic mass is 9.96. The molecule has 0 radical (unpaired) electrons. The molecule has 1 fully saturated rings. The Kier molecular flexibility index (Phi) is 6.24. The van der Waals surface area contributed by atoms with Gasteiger partial charge in [0.2, 0.25) is 0 Å². The summed E-state index contributed by atoms with van der Waals surface area (Å²) in [7, 11) is 0. The summed E-state index contributed by atoms with van der Waals surface area (Å²) < 4.78 is 0. The van der Waals surface area contributed by atoms with Crippen LogP contribution < -0.4 is 0 Å². The van der Waals surface area contributed by atoms with Gasteiger partial charge in [-0.25, -0.2) is 9.97 Å². The summed E-state index contributed by atoms with van der Waals surface area (Å²) in [5, 5.41) is 1.15. The van der Waals surface area contributed by atoms with Crippen molar-refractivity contribution in [2.45, 2.75) is 58.4 Å². The number of rotatable bonds is 4. The number of hydrogen-bond acceptors (Lipinski definition) is 4. The fraction of sp³-hybridized carbons (Fsp3) is 0.324. The average Bonchev–Trinajstić information content (AvgIpc) is 3.61. The van der Waals surface area contributed by atoms with Crippen molar-refractivity contribution in [1.82, 2.24) is 24.8 Å². The molecule has 0 bridgehead atoms. The Labute approximate surface area is 230 Å². The van der Waals surface area contributed by atoms with E-state index in [1.165, 1.54) is 79.4 Å². The van der Waals surface area contributed by atoms with E-state index in [9.17, 15) is 0 Å². The molecule has 0 spiro atoms. The van der Waals surface area contributed by atoms with Crippen molar-refractivity contribution >= 4 is 11.0 Å². The quantitative estimate of drug-likeness (QED) is 0.256. The van der Waals surface area contributed by atoms with Crippen molar-refractivity contribution in [2.24, 2.45) is 0 Å². The van der Waals surface area contributed by atoms with Crippen molar-refractivity contribution in [3.63, 3.8) is 0 Å². The van der Waals surface area contributed by atoms with Crippen LogP contribution in [0.15, 0.2) is 67.1 Å². The van der Waals surface area contributed by atoms with E-state index in [0.717, 1.165) is 45.3 Å². The third-order valence-corrected chi connectivity index (χ3v) is 8.77. The maximum absolute atomic E-state index is 4.80. The highest BCUT2D eigenvalue weighted by atomic mass is 15.2. The van der Waals surface area contributed by atoms with Gasteiger partial charge in [0.15, 0.2) is 0 Å². The zero-order valence-electron chi connectivity index (χ0n) is 22.9. The summed E-state index contributed by atoms with van der Waals surface area (Å²) in [6, 6.07) is 18.8. The van der Waals surface area contributed by atoms with E-state index in [1.807, 2.05) is 26.2 Å². The average molecular weight is 514 g/mol. The van der Waals surface area contributed by atoms with E-state index in [2.05, 4.69) is 69.6 Å². The molecule has 39 heavy (non-hydrogen) atoms. The van der Waals surface area contributed by atoms with Gasteiger partial charge in [-0.1, -0.05) is 42.5 Å². The second kappa shape index (κ2) is 10.0. The molecule has 196 valence electrons. The van der Waals surface area contributed by atoms with Gasteiger partial charge in [0.1, 0.15) is 5.65 Å². The van der Waals surface area contributed by atoms with Crippen molar-refractivity contribution in [3.8, 4) is 33.5 Å². The molecule has 1 N–H and O–H groups in total. The van der Waals surface area contributed by atoms with E-state index in [0.29, 0.717) is 0 Å². The maximum Gasteiger partial charge on any atom is 0.137 e. The molecule has 2 aliphatic rings. The molecule has 5 nitrogen and oxygen atoms in total. The minimum Gasteiger partial charge on any atom is -0.346 e. The number of pyridine rings is 1. The maximum atomic E-state index is 4.80. The zero-order valence-corrected chi connectivity index (χ0v) is 22.9. The van der Waals surface area contributed by atoms with Crippen molar-refractivity contribution < 1.29 is 0 Å². The van der Waals surface area contributed by atoms with Crippen molar-refractivity contribution in [1.29, 1.82) is 0 Å². The highest BCUT2D eigenvalue weighted by Crippen LogP contribution is 2.34. The van der Waals surface area contributed by atoms with Gasteiger partial charge in [-0.2, -0.15) is 0 Å². The SMILES string of the molecule is Cc1cnc(C)c(-c2ccc(-c3c[nH]c4ncc(-c5ccc6c(c5)CCC(N5CCCC5)CC6)cc34)cc2)n1. The normalized spacial score (nSPS) is 17.8. The number of nitrogens with one attached hydrogen (secondary N) is 1. The van der Waals surface area contributed by atoms with Gasteiger partial charge in [0.25, 0.3) is 0 Å². The summed E-state index contributed by atoms with van der Waals surface area (Å²) in [5.41, 5.74) is 12.6. The second-order valence-corrected chi connectivity index (χ2v) is 11.3. The van der Waals surface area contributed by atoms with E-state index < -0.39 is 0 Å². The van der Waals surface area contributed by atoms with Crippen LogP contribution in [0.2, 0.25) is 0 Å². The van der Waals surface area contributed by atoms with E-state index in [4.69, 9.17) is 9.97 Å². The molecule has 1 atom stereocenters. The minimum atomic E-state index is 0.747. The molecule has 4 heterocycles. The van der Waals surface area contributed by atoms with Crippen molar-refractivity contribution in [3.05, 3.63) is 89.6 Å². The van der Waals surface area contributed by atoms with Crippen LogP contribution in [0.25, 0.3) is 44.5 Å². The van der Waals surface area contributed by atoms with Crippen LogP contribution in [-0.4, -0.2) is 44.0 Å². The Hall–Kier alpha value is -3.83. The van der Waals surface area contributed by atoms with Crippen LogP contribution in [0.1, 0.15) is 48.2 Å². The van der Waals surface area contributed by atoms with Gasteiger partial charge >= 0.3 is 0 Å². The predicted octanol–water partition coefficient (Wildman–Crippen LogP) is 7.31. The van der Waals surface area contributed by atoms with Gasteiger partial charge in [-0.3, -0.25) is 4.98 Å². The molecule has 5 aromatic rings. The molecule has 0 amide bonds. The summed E-state index contributed by atoms with van der Waals surface area (Å²) in [5.74, 6) is 0. The number of benzene rings is 2. The Balaban J connectivity index is 1.17. The largest absolute Gasteiger partial charge is 0.346 e. The third-order valence-electron chi connectivity index (χ3n) is 8.77.